The molecule has 6 heterocycles. The summed E-state index contributed by atoms with van der Waals surface area (Å²) in [6.45, 7) is 9.28. The fourth-order valence-corrected chi connectivity index (χ4v) is 6.07. The Hall–Kier alpha value is -2.82. The number of aryl methyl sites for hydroxylation is 3. The Kier molecular flexibility index (Phi) is 5.82. The Bertz CT molecular complexity index is 1350. The smallest absolute Gasteiger partial charge is 0.150 e. The quantitative estimate of drug-likeness (QED) is 0.414. The summed E-state index contributed by atoms with van der Waals surface area (Å²) in [7, 11) is 1.99. The average Bonchev–Trinajstić information content (AvgIpc) is 3.55. The number of ether oxygens (including phenoxy) is 2. The Labute approximate surface area is 208 Å². The maximum absolute atomic E-state index is 6.10. The molecule has 6 rings (SSSR count). The molecule has 2 aliphatic heterocycles. The number of nitrogens with zero attached hydrogens (tertiary/aromatic N) is 7. The van der Waals surface area contributed by atoms with Crippen molar-refractivity contribution in [3.8, 4) is 22.6 Å². The van der Waals surface area contributed by atoms with Crippen LogP contribution in [0.5, 0.6) is 0 Å². The molecule has 2 fully saturated rings. The lowest BCUT2D eigenvalue weighted by Crippen LogP contribution is -2.44. The van der Waals surface area contributed by atoms with Crippen molar-refractivity contribution in [3.63, 3.8) is 0 Å². The van der Waals surface area contributed by atoms with Crippen LogP contribution in [0, 0.1) is 13.8 Å². The van der Waals surface area contributed by atoms with Gasteiger partial charge in [-0.05, 0) is 69.3 Å². The third-order valence-electron chi connectivity index (χ3n) is 6.98. The molecule has 0 N–H and O–H groups in total. The van der Waals surface area contributed by atoms with Crippen LogP contribution in [0.3, 0.4) is 0 Å². The van der Waals surface area contributed by atoms with E-state index in [1.807, 2.05) is 29.5 Å². The first-order valence-electron chi connectivity index (χ1n) is 12.3. The van der Waals surface area contributed by atoms with Crippen molar-refractivity contribution >= 4 is 27.6 Å². The van der Waals surface area contributed by atoms with Crippen molar-refractivity contribution < 1.29 is 9.47 Å². The third-order valence-corrected chi connectivity index (χ3v) is 7.85. The monoisotopic (exact) mass is 493 g/mol. The van der Waals surface area contributed by atoms with Crippen LogP contribution in [0.25, 0.3) is 32.9 Å². The average molecular weight is 494 g/mol. The molecule has 10 heteroatoms. The van der Waals surface area contributed by atoms with Crippen molar-refractivity contribution in [2.24, 2.45) is 7.05 Å². The van der Waals surface area contributed by atoms with Crippen molar-refractivity contribution in [2.75, 3.05) is 31.3 Å². The number of hydrogen-bond donors (Lipinski definition) is 0. The van der Waals surface area contributed by atoms with E-state index in [1.54, 1.807) is 0 Å². The standard InChI is InChI=1S/C25H31N7O2S/c1-15-13-26-30(4)24(15)18-12-20(31-8-10-33-14-17(31)3)27-23-22(29-35-25(18)23)19-11-16(2)28-32(19)21-7-5-6-9-34-21/h11-13,17,21H,5-10,14H2,1-4H3/t17-,21?/m1/s1. The number of aromatic nitrogens is 6. The number of anilines is 1. The van der Waals surface area contributed by atoms with Gasteiger partial charge < -0.3 is 14.4 Å². The van der Waals surface area contributed by atoms with Gasteiger partial charge in [0.1, 0.15) is 17.0 Å². The van der Waals surface area contributed by atoms with Gasteiger partial charge >= 0.3 is 0 Å². The summed E-state index contributed by atoms with van der Waals surface area (Å²) in [5.41, 5.74) is 7.02. The molecule has 0 saturated carbocycles. The van der Waals surface area contributed by atoms with E-state index in [2.05, 4.69) is 36.0 Å². The second-order valence-corrected chi connectivity index (χ2v) is 10.4. The van der Waals surface area contributed by atoms with E-state index in [1.165, 1.54) is 11.5 Å². The Balaban J connectivity index is 1.57. The molecule has 2 aliphatic rings. The summed E-state index contributed by atoms with van der Waals surface area (Å²) in [6.07, 6.45) is 5.05. The predicted molar refractivity (Wildman–Crippen MR) is 137 cm³/mol. The molecule has 0 amide bonds. The van der Waals surface area contributed by atoms with Crippen LogP contribution < -0.4 is 4.90 Å². The summed E-state index contributed by atoms with van der Waals surface area (Å²) in [4.78, 5) is 7.56. The maximum atomic E-state index is 6.10. The lowest BCUT2D eigenvalue weighted by molar-refractivity contribution is -0.0385. The van der Waals surface area contributed by atoms with E-state index in [4.69, 9.17) is 23.9 Å². The molecule has 0 aromatic carbocycles. The topological polar surface area (TPSA) is 83.1 Å². The van der Waals surface area contributed by atoms with Gasteiger partial charge in [0.25, 0.3) is 0 Å². The molecule has 1 unspecified atom stereocenters. The highest BCUT2D eigenvalue weighted by Gasteiger charge is 2.28. The van der Waals surface area contributed by atoms with E-state index in [0.29, 0.717) is 13.2 Å². The summed E-state index contributed by atoms with van der Waals surface area (Å²) >= 11 is 1.49. The van der Waals surface area contributed by atoms with Crippen LogP contribution in [0.4, 0.5) is 5.82 Å². The molecule has 0 spiro atoms. The molecular formula is C25H31N7O2S. The summed E-state index contributed by atoms with van der Waals surface area (Å²) < 4.78 is 21.8. The minimum Gasteiger partial charge on any atom is -0.377 e. The molecule has 2 saturated heterocycles. The molecule has 184 valence electrons. The minimum absolute atomic E-state index is 0.0644. The van der Waals surface area contributed by atoms with Crippen LogP contribution in [0.1, 0.15) is 43.7 Å². The van der Waals surface area contributed by atoms with Gasteiger partial charge in [-0.2, -0.15) is 14.6 Å². The molecule has 0 radical (unpaired) electrons. The van der Waals surface area contributed by atoms with Crippen molar-refractivity contribution in [2.45, 2.75) is 52.3 Å². The zero-order valence-electron chi connectivity index (χ0n) is 20.7. The third kappa shape index (κ3) is 3.93. The molecule has 4 aromatic rings. The second-order valence-electron chi connectivity index (χ2n) is 9.59. The van der Waals surface area contributed by atoms with Crippen LogP contribution in [0.15, 0.2) is 18.3 Å². The summed E-state index contributed by atoms with van der Waals surface area (Å²) in [5, 5.41) is 9.33. The highest BCUT2D eigenvalue weighted by Crippen LogP contribution is 2.41. The van der Waals surface area contributed by atoms with E-state index < -0.39 is 0 Å². The fraction of sp³-hybridized carbons (Fsp3) is 0.520. The van der Waals surface area contributed by atoms with Crippen LogP contribution in [-0.4, -0.2) is 61.3 Å². The highest BCUT2D eigenvalue weighted by atomic mass is 32.1. The van der Waals surface area contributed by atoms with Crippen molar-refractivity contribution in [1.82, 2.24) is 28.9 Å². The first-order valence-corrected chi connectivity index (χ1v) is 13.1. The minimum atomic E-state index is -0.0644. The Morgan fingerprint density at radius 2 is 2.03 bits per heavy atom. The van der Waals surface area contributed by atoms with Gasteiger partial charge in [-0.3, -0.25) is 4.68 Å². The molecule has 0 bridgehead atoms. The van der Waals surface area contributed by atoms with E-state index in [9.17, 15) is 0 Å². The number of pyridine rings is 1. The maximum Gasteiger partial charge on any atom is 0.150 e. The zero-order valence-corrected chi connectivity index (χ0v) is 21.5. The van der Waals surface area contributed by atoms with E-state index >= 15 is 0 Å². The van der Waals surface area contributed by atoms with Gasteiger partial charge in [-0.15, -0.1) is 0 Å². The van der Waals surface area contributed by atoms with Crippen molar-refractivity contribution in [3.05, 3.63) is 29.6 Å². The molecule has 35 heavy (non-hydrogen) atoms. The first kappa shape index (κ1) is 22.6. The molecule has 0 aliphatic carbocycles. The molecular weight excluding hydrogens is 462 g/mol. The van der Waals surface area contributed by atoms with E-state index in [-0.39, 0.29) is 12.3 Å². The van der Waals surface area contributed by atoms with Gasteiger partial charge in [0.2, 0.25) is 0 Å². The Morgan fingerprint density at radius 1 is 1.14 bits per heavy atom. The first-order chi connectivity index (χ1) is 17.0. The summed E-state index contributed by atoms with van der Waals surface area (Å²) in [5.74, 6) is 0.946. The summed E-state index contributed by atoms with van der Waals surface area (Å²) in [6, 6.07) is 4.54. The number of morpholine rings is 1. The predicted octanol–water partition coefficient (Wildman–Crippen LogP) is 4.50. The molecule has 9 nitrogen and oxygen atoms in total. The fourth-order valence-electron chi connectivity index (χ4n) is 5.23. The zero-order chi connectivity index (χ0) is 24.1. The van der Waals surface area contributed by atoms with Gasteiger partial charge in [0, 0.05) is 25.8 Å². The normalized spacial score (nSPS) is 21.2. The van der Waals surface area contributed by atoms with Crippen molar-refractivity contribution in [1.29, 1.82) is 0 Å². The van der Waals surface area contributed by atoms with Gasteiger partial charge in [0.15, 0.2) is 6.23 Å². The van der Waals surface area contributed by atoms with Gasteiger partial charge in [-0.25, -0.2) is 9.67 Å². The molecule has 2 atom stereocenters. The number of hydrogen-bond acceptors (Lipinski definition) is 8. The Morgan fingerprint density at radius 3 is 2.77 bits per heavy atom. The molecule has 4 aromatic heterocycles. The van der Waals surface area contributed by atoms with Gasteiger partial charge in [-0.1, -0.05) is 0 Å². The SMILES string of the molecule is Cc1cc(-c2nsc3c(-c4c(C)cnn4C)cc(N4CCOC[C@H]4C)nc23)n(C2CCCCO2)n1. The van der Waals surface area contributed by atoms with Crippen LogP contribution in [-0.2, 0) is 16.5 Å². The lowest BCUT2D eigenvalue weighted by atomic mass is 10.1. The van der Waals surface area contributed by atoms with Gasteiger partial charge in [0.05, 0.1) is 47.2 Å². The number of fused-ring (bicyclic) bond motifs is 1. The highest BCUT2D eigenvalue weighted by molar-refractivity contribution is 7.14. The lowest BCUT2D eigenvalue weighted by Gasteiger charge is -2.34. The largest absolute Gasteiger partial charge is 0.377 e. The van der Waals surface area contributed by atoms with Crippen LogP contribution in [0.2, 0.25) is 0 Å². The van der Waals surface area contributed by atoms with E-state index in [0.717, 1.165) is 82.4 Å². The second kappa shape index (κ2) is 9.00. The van der Waals surface area contributed by atoms with Crippen LogP contribution >= 0.6 is 11.5 Å². The number of rotatable bonds is 4.